The summed E-state index contributed by atoms with van der Waals surface area (Å²) >= 11 is 0. The molecule has 0 saturated heterocycles. The van der Waals surface area contributed by atoms with Crippen LogP contribution in [0.4, 0.5) is 4.79 Å². The average Bonchev–Trinajstić information content (AvgIpc) is 2.57. The fourth-order valence-electron chi connectivity index (χ4n) is 3.02. The lowest BCUT2D eigenvalue weighted by molar-refractivity contribution is -0.453. The van der Waals surface area contributed by atoms with E-state index in [0.717, 1.165) is 24.8 Å². The van der Waals surface area contributed by atoms with E-state index in [2.05, 4.69) is 42.5 Å². The minimum absolute atomic E-state index is 0.0143. The summed E-state index contributed by atoms with van der Waals surface area (Å²) in [6.45, 7) is 10.4. The van der Waals surface area contributed by atoms with Crippen molar-refractivity contribution < 1.29 is 29.1 Å². The number of hydrogen-bond donors (Lipinski definition) is 0. The van der Waals surface area contributed by atoms with Crippen LogP contribution in [0.3, 0.4) is 0 Å². The summed E-state index contributed by atoms with van der Waals surface area (Å²) < 4.78 is 5.24. The van der Waals surface area contributed by atoms with Crippen molar-refractivity contribution in [3.63, 3.8) is 0 Å². The highest BCUT2D eigenvalue weighted by atomic mass is 17.5. The van der Waals surface area contributed by atoms with Crippen molar-refractivity contribution in [1.29, 1.82) is 0 Å². The lowest BCUT2D eigenvalue weighted by Crippen LogP contribution is -2.31. The zero-order valence-corrected chi connectivity index (χ0v) is 16.1. The molecule has 3 unspecified atom stereocenters. The summed E-state index contributed by atoms with van der Waals surface area (Å²) in [5, 5.41) is 4.29. The molecule has 1 aliphatic carbocycles. The molecule has 0 radical (unpaired) electrons. The number of carbonyl (C=O) groups excluding carboxylic acids is 2. The van der Waals surface area contributed by atoms with Crippen LogP contribution in [0.5, 0.6) is 0 Å². The Morgan fingerprint density at radius 1 is 1.00 bits per heavy atom. The fourth-order valence-corrected chi connectivity index (χ4v) is 3.02. The van der Waals surface area contributed by atoms with Gasteiger partial charge < -0.3 is 4.74 Å². The van der Waals surface area contributed by atoms with Crippen molar-refractivity contribution in [2.45, 2.75) is 65.4 Å². The molecule has 6 heteroatoms. The van der Waals surface area contributed by atoms with Gasteiger partial charge in [-0.05, 0) is 47.8 Å². The summed E-state index contributed by atoms with van der Waals surface area (Å²) in [4.78, 5) is 32.5. The van der Waals surface area contributed by atoms with Crippen LogP contribution in [0.1, 0.15) is 69.8 Å². The van der Waals surface area contributed by atoms with E-state index in [1.165, 1.54) is 0 Å². The zero-order chi connectivity index (χ0) is 19.3. The van der Waals surface area contributed by atoms with Gasteiger partial charge in [-0.25, -0.2) is 14.5 Å². The van der Waals surface area contributed by atoms with Gasteiger partial charge in [0.05, 0.1) is 10.6 Å². The molecule has 1 aliphatic rings. The predicted molar refractivity (Wildman–Crippen MR) is 95.2 cm³/mol. The second kappa shape index (κ2) is 8.54. The number of ether oxygens (including phenoxy) is 1. The molecule has 1 saturated carbocycles. The van der Waals surface area contributed by atoms with E-state index in [-0.39, 0.29) is 17.4 Å². The number of benzene rings is 1. The number of rotatable bonds is 4. The van der Waals surface area contributed by atoms with Crippen LogP contribution < -0.4 is 0 Å². The van der Waals surface area contributed by atoms with Crippen LogP contribution in [0.2, 0.25) is 0 Å². The number of carbonyl (C=O) groups is 2. The van der Waals surface area contributed by atoms with E-state index < -0.39 is 12.1 Å². The molecule has 0 heterocycles. The summed E-state index contributed by atoms with van der Waals surface area (Å²) in [7, 11) is 0. The van der Waals surface area contributed by atoms with Gasteiger partial charge in [-0.1, -0.05) is 53.2 Å². The van der Waals surface area contributed by atoms with Gasteiger partial charge in [-0.15, -0.1) is 0 Å². The maximum atomic E-state index is 11.9. The first-order chi connectivity index (χ1) is 12.2. The van der Waals surface area contributed by atoms with E-state index in [0.29, 0.717) is 11.5 Å². The highest BCUT2D eigenvalue weighted by Crippen LogP contribution is 2.30. The summed E-state index contributed by atoms with van der Waals surface area (Å²) in [5.74, 6) is 0.0133. The first-order valence-electron chi connectivity index (χ1n) is 9.03. The Labute approximate surface area is 154 Å². The molecule has 144 valence electrons. The monoisotopic (exact) mass is 364 g/mol. The predicted octanol–water partition coefficient (Wildman–Crippen LogP) is 4.97. The fraction of sp³-hybridized carbons (Fsp3) is 0.600. The van der Waals surface area contributed by atoms with Gasteiger partial charge in [0, 0.05) is 0 Å². The van der Waals surface area contributed by atoms with Gasteiger partial charge in [-0.2, -0.15) is 0 Å². The third kappa shape index (κ3) is 5.73. The Morgan fingerprint density at radius 3 is 2.27 bits per heavy atom. The molecular formula is C20H28O6. The van der Waals surface area contributed by atoms with Crippen molar-refractivity contribution >= 4 is 12.1 Å². The molecule has 3 atom stereocenters. The van der Waals surface area contributed by atoms with Crippen LogP contribution in [0.25, 0.3) is 0 Å². The third-order valence-electron chi connectivity index (χ3n) is 4.83. The van der Waals surface area contributed by atoms with E-state index in [1.54, 1.807) is 12.1 Å². The highest BCUT2D eigenvalue weighted by Gasteiger charge is 2.29. The molecule has 0 amide bonds. The minimum atomic E-state index is -1.01. The Morgan fingerprint density at radius 2 is 1.65 bits per heavy atom. The molecule has 2 rings (SSSR count). The van der Waals surface area contributed by atoms with E-state index in [1.807, 2.05) is 19.1 Å². The average molecular weight is 364 g/mol. The molecule has 1 aromatic rings. The first-order valence-corrected chi connectivity index (χ1v) is 9.03. The summed E-state index contributed by atoms with van der Waals surface area (Å²) in [6.07, 6.45) is 1.69. The van der Waals surface area contributed by atoms with Gasteiger partial charge in [0.1, 0.15) is 6.10 Å². The van der Waals surface area contributed by atoms with Crippen molar-refractivity contribution in [2.24, 2.45) is 11.8 Å². The number of hydrogen-bond acceptors (Lipinski definition) is 6. The van der Waals surface area contributed by atoms with Crippen LogP contribution >= 0.6 is 0 Å². The summed E-state index contributed by atoms with van der Waals surface area (Å²) in [5.41, 5.74) is 1.37. The quantitative estimate of drug-likeness (QED) is 0.427. The Bertz CT molecular complexity index is 616. The topological polar surface area (TPSA) is 71.1 Å². The van der Waals surface area contributed by atoms with Gasteiger partial charge in [-0.3, -0.25) is 4.89 Å². The molecule has 1 fully saturated rings. The van der Waals surface area contributed by atoms with Crippen molar-refractivity contribution in [3.05, 3.63) is 35.4 Å². The normalized spacial score (nSPS) is 23.2. The first kappa shape index (κ1) is 20.2. The summed E-state index contributed by atoms with van der Waals surface area (Å²) in [6, 6.07) is 6.96. The maximum Gasteiger partial charge on any atom is 0.543 e. The van der Waals surface area contributed by atoms with Crippen LogP contribution in [0, 0.1) is 11.8 Å². The third-order valence-corrected chi connectivity index (χ3v) is 4.83. The Kier molecular flexibility index (Phi) is 6.64. The molecule has 6 nitrogen and oxygen atoms in total. The van der Waals surface area contributed by atoms with E-state index in [9.17, 15) is 9.59 Å². The second-order valence-corrected chi connectivity index (χ2v) is 8.15. The smallest absolute Gasteiger partial charge is 0.429 e. The molecule has 0 bridgehead atoms. The molecule has 26 heavy (non-hydrogen) atoms. The van der Waals surface area contributed by atoms with E-state index in [4.69, 9.17) is 4.74 Å². The van der Waals surface area contributed by atoms with Crippen molar-refractivity contribution in [3.8, 4) is 0 Å². The van der Waals surface area contributed by atoms with Crippen LogP contribution in [-0.4, -0.2) is 18.2 Å². The van der Waals surface area contributed by atoms with Gasteiger partial charge in [0.15, 0.2) is 0 Å². The minimum Gasteiger partial charge on any atom is -0.429 e. The second-order valence-electron chi connectivity index (χ2n) is 8.15. The lowest BCUT2D eigenvalue weighted by atomic mass is 9.82. The van der Waals surface area contributed by atoms with Crippen molar-refractivity contribution in [2.75, 3.05) is 0 Å². The maximum absolute atomic E-state index is 11.9. The van der Waals surface area contributed by atoms with Crippen LogP contribution in [-0.2, 0) is 25.0 Å². The molecule has 0 N–H and O–H groups in total. The molecule has 1 aromatic carbocycles. The highest BCUT2D eigenvalue weighted by molar-refractivity contribution is 5.88. The molecule has 0 spiro atoms. The Hall–Kier alpha value is -2.08. The van der Waals surface area contributed by atoms with E-state index >= 15 is 0 Å². The lowest BCUT2D eigenvalue weighted by Gasteiger charge is -2.31. The van der Waals surface area contributed by atoms with Gasteiger partial charge >= 0.3 is 12.1 Å². The Balaban J connectivity index is 1.76. The van der Waals surface area contributed by atoms with Crippen LogP contribution in [0.15, 0.2) is 24.3 Å². The standard InChI is InChI=1S/C20H28O6/c1-13-6-7-14(2)17(12-13)23-19(22)25-26-24-18(21)15-8-10-16(11-9-15)20(3,4)5/h8-11,13-14,17H,6-7,12H2,1-5H3. The zero-order valence-electron chi connectivity index (χ0n) is 16.1. The van der Waals surface area contributed by atoms with Crippen molar-refractivity contribution in [1.82, 2.24) is 0 Å². The SMILES string of the molecule is CC1CCC(C)C(OC(=O)OOOC(=O)c2ccc(C(C)(C)C)cc2)C1. The largest absolute Gasteiger partial charge is 0.543 e. The van der Waals surface area contributed by atoms with Gasteiger partial charge in [0.2, 0.25) is 0 Å². The van der Waals surface area contributed by atoms with Gasteiger partial charge in [0.25, 0.3) is 0 Å². The molecular weight excluding hydrogens is 336 g/mol. The molecule has 0 aromatic heterocycles. The molecule has 0 aliphatic heterocycles.